The third-order valence-corrected chi connectivity index (χ3v) is 4.94. The highest BCUT2D eigenvalue weighted by atomic mass is 35.5. The lowest BCUT2D eigenvalue weighted by Gasteiger charge is -2.09. The van der Waals surface area contributed by atoms with Crippen LogP contribution in [0.3, 0.4) is 0 Å². The van der Waals surface area contributed by atoms with Gasteiger partial charge in [0.05, 0.1) is 10.8 Å². The molecule has 0 aliphatic heterocycles. The summed E-state index contributed by atoms with van der Waals surface area (Å²) in [5.74, 6) is -1.67. The predicted octanol–water partition coefficient (Wildman–Crippen LogP) is 3.41. The summed E-state index contributed by atoms with van der Waals surface area (Å²) in [6.07, 6.45) is 0.0185. The first kappa shape index (κ1) is 18.2. The van der Waals surface area contributed by atoms with Gasteiger partial charge in [-0.25, -0.2) is 4.98 Å². The number of nitrogens with zero attached hydrogens (tertiary/aromatic N) is 1. The third kappa shape index (κ3) is 3.38. The van der Waals surface area contributed by atoms with E-state index in [2.05, 4.69) is 10.3 Å². The molecule has 0 atom stereocenters. The summed E-state index contributed by atoms with van der Waals surface area (Å²) < 4.78 is 6.90. The molecule has 3 N–H and O–H groups in total. The van der Waals surface area contributed by atoms with Crippen molar-refractivity contribution in [2.45, 2.75) is 20.0 Å². The number of pyridine rings is 1. The van der Waals surface area contributed by atoms with Gasteiger partial charge in [-0.3, -0.25) is 9.59 Å². The summed E-state index contributed by atoms with van der Waals surface area (Å²) in [6.45, 7) is 3.26. The number of ether oxygens (including phenoxy) is 1. The number of carboxylic acid groups (broad SMARTS) is 1. The average Bonchev–Trinajstić information content (AvgIpc) is 2.94. The molecule has 0 fully saturated rings. The Morgan fingerprint density at radius 3 is 2.77 bits per heavy atom. The highest BCUT2D eigenvalue weighted by Crippen LogP contribution is 2.44. The molecular formula is C17H15ClN2O5S. The first-order chi connectivity index (χ1) is 12.3. The second-order valence-corrected chi connectivity index (χ2v) is 7.22. The molecule has 0 spiro atoms. The van der Waals surface area contributed by atoms with Gasteiger partial charge >= 0.3 is 5.97 Å². The molecular weight excluding hydrogens is 380 g/mol. The van der Waals surface area contributed by atoms with E-state index in [1.807, 2.05) is 26.0 Å². The number of fused-ring (bicyclic) bond motifs is 3. The molecule has 0 saturated carbocycles. The van der Waals surface area contributed by atoms with Crippen molar-refractivity contribution < 1.29 is 24.5 Å². The molecule has 2 aromatic heterocycles. The van der Waals surface area contributed by atoms with Crippen LogP contribution in [0.4, 0.5) is 0 Å². The van der Waals surface area contributed by atoms with Crippen LogP contribution in [0.25, 0.3) is 20.2 Å². The van der Waals surface area contributed by atoms with Crippen molar-refractivity contribution >= 4 is 55.0 Å². The molecule has 26 heavy (non-hydrogen) atoms. The molecule has 0 aliphatic rings. The Balaban J connectivity index is 2.12. The number of carboxylic acids is 1. The molecule has 3 aromatic rings. The number of amides is 1. The fraction of sp³-hybridized carbons (Fsp3) is 0.235. The van der Waals surface area contributed by atoms with Crippen LogP contribution in [0.1, 0.15) is 24.3 Å². The van der Waals surface area contributed by atoms with Gasteiger partial charge < -0.3 is 20.3 Å². The minimum absolute atomic E-state index is 0.0185. The Labute approximate surface area is 157 Å². The summed E-state index contributed by atoms with van der Waals surface area (Å²) in [4.78, 5) is 26.6. The number of hydrogen-bond acceptors (Lipinski definition) is 6. The van der Waals surface area contributed by atoms with Crippen molar-refractivity contribution in [3.63, 3.8) is 0 Å². The van der Waals surface area contributed by atoms with Crippen molar-refractivity contribution in [1.29, 1.82) is 0 Å². The maximum Gasteiger partial charge on any atom is 0.322 e. The van der Waals surface area contributed by atoms with Crippen molar-refractivity contribution in [3.8, 4) is 11.5 Å². The standard InChI is InChI=1S/C17H15ClN2O5S/c1-7(2)25-8-3-4-9-10(5-8)26-15-12(9)16(18)20-13(14(15)23)17(24)19-6-11(21)22/h3-5,7,23H,6H2,1-2H3,(H,19,24)(H,21,22). The van der Waals surface area contributed by atoms with Crippen LogP contribution in [0.15, 0.2) is 18.2 Å². The number of carbonyl (C=O) groups excluding carboxylic acids is 1. The van der Waals surface area contributed by atoms with E-state index in [-0.39, 0.29) is 22.7 Å². The Bertz CT molecular complexity index is 1030. The number of aliphatic carboxylic acids is 1. The fourth-order valence-electron chi connectivity index (χ4n) is 2.51. The number of halogens is 1. The number of hydrogen-bond donors (Lipinski definition) is 3. The van der Waals surface area contributed by atoms with E-state index < -0.39 is 18.4 Å². The van der Waals surface area contributed by atoms with Crippen molar-refractivity contribution in [3.05, 3.63) is 29.0 Å². The normalized spacial score (nSPS) is 11.2. The van der Waals surface area contributed by atoms with Gasteiger partial charge in [0.2, 0.25) is 0 Å². The quantitative estimate of drug-likeness (QED) is 0.572. The number of rotatable bonds is 5. The summed E-state index contributed by atoms with van der Waals surface area (Å²) in [6, 6.07) is 5.46. The number of nitrogens with one attached hydrogen (secondary N) is 1. The number of thiophene rings is 1. The van der Waals surface area contributed by atoms with E-state index in [4.69, 9.17) is 21.4 Å². The first-order valence-electron chi connectivity index (χ1n) is 7.69. The lowest BCUT2D eigenvalue weighted by Crippen LogP contribution is -2.30. The van der Waals surface area contributed by atoms with Gasteiger partial charge in [0.15, 0.2) is 11.4 Å². The van der Waals surface area contributed by atoms with Crippen LogP contribution < -0.4 is 10.1 Å². The molecule has 0 aliphatic carbocycles. The average molecular weight is 395 g/mol. The number of carbonyl (C=O) groups is 2. The second-order valence-electron chi connectivity index (χ2n) is 5.81. The van der Waals surface area contributed by atoms with Gasteiger partial charge in [-0.05, 0) is 32.0 Å². The largest absolute Gasteiger partial charge is 0.504 e. The smallest absolute Gasteiger partial charge is 0.322 e. The minimum atomic E-state index is -1.20. The van der Waals surface area contributed by atoms with Gasteiger partial charge in [0, 0.05) is 15.5 Å². The SMILES string of the molecule is CC(C)Oc1ccc2c(c1)sc1c(O)c(C(=O)NCC(=O)O)nc(Cl)c12. The van der Waals surface area contributed by atoms with Crippen LogP contribution in [-0.4, -0.2) is 39.7 Å². The highest BCUT2D eigenvalue weighted by molar-refractivity contribution is 7.26. The lowest BCUT2D eigenvalue weighted by molar-refractivity contribution is -0.135. The lowest BCUT2D eigenvalue weighted by atomic mass is 10.1. The molecule has 9 heteroatoms. The zero-order valence-corrected chi connectivity index (χ0v) is 15.4. The fourth-order valence-corrected chi connectivity index (χ4v) is 4.02. The second kappa shape index (κ2) is 6.97. The minimum Gasteiger partial charge on any atom is -0.504 e. The zero-order chi connectivity index (χ0) is 19.0. The number of aromatic hydroxyl groups is 1. The molecule has 2 heterocycles. The van der Waals surface area contributed by atoms with Crippen molar-refractivity contribution in [2.75, 3.05) is 6.54 Å². The molecule has 7 nitrogen and oxygen atoms in total. The van der Waals surface area contributed by atoms with E-state index in [1.54, 1.807) is 6.07 Å². The summed E-state index contributed by atoms with van der Waals surface area (Å²) >= 11 is 7.49. The van der Waals surface area contributed by atoms with Gasteiger partial charge in [-0.2, -0.15) is 0 Å². The van der Waals surface area contributed by atoms with Gasteiger partial charge in [0.25, 0.3) is 5.91 Å². The number of aromatic nitrogens is 1. The topological polar surface area (TPSA) is 109 Å². The van der Waals surface area contributed by atoms with Crippen LogP contribution >= 0.6 is 22.9 Å². The summed E-state index contributed by atoms with van der Waals surface area (Å²) in [5.41, 5.74) is -0.311. The molecule has 1 amide bonds. The van der Waals surface area contributed by atoms with Gasteiger partial charge in [-0.1, -0.05) is 11.6 Å². The predicted molar refractivity (Wildman–Crippen MR) is 99.5 cm³/mol. The van der Waals surface area contributed by atoms with E-state index in [0.29, 0.717) is 15.8 Å². The van der Waals surface area contributed by atoms with Crippen molar-refractivity contribution in [2.24, 2.45) is 0 Å². The Hall–Kier alpha value is -2.58. The highest BCUT2D eigenvalue weighted by Gasteiger charge is 2.22. The maximum atomic E-state index is 12.1. The molecule has 0 unspecified atom stereocenters. The molecule has 0 saturated heterocycles. The maximum absolute atomic E-state index is 12.1. The monoisotopic (exact) mass is 394 g/mol. The molecule has 1 aromatic carbocycles. The summed E-state index contributed by atoms with van der Waals surface area (Å²) in [7, 11) is 0. The van der Waals surface area contributed by atoms with Crippen LogP contribution in [0.5, 0.6) is 11.5 Å². The molecule has 0 radical (unpaired) electrons. The van der Waals surface area contributed by atoms with E-state index >= 15 is 0 Å². The third-order valence-electron chi connectivity index (χ3n) is 3.50. The Morgan fingerprint density at radius 2 is 2.12 bits per heavy atom. The number of benzene rings is 1. The summed E-state index contributed by atoms with van der Waals surface area (Å²) in [5, 5.41) is 22.7. The van der Waals surface area contributed by atoms with E-state index in [0.717, 1.165) is 10.1 Å². The van der Waals surface area contributed by atoms with Gasteiger partial charge in [0.1, 0.15) is 17.4 Å². The van der Waals surface area contributed by atoms with Crippen molar-refractivity contribution in [1.82, 2.24) is 10.3 Å². The van der Waals surface area contributed by atoms with E-state index in [1.165, 1.54) is 11.3 Å². The van der Waals surface area contributed by atoms with E-state index in [9.17, 15) is 14.7 Å². The van der Waals surface area contributed by atoms with Crippen LogP contribution in [0.2, 0.25) is 5.15 Å². The zero-order valence-electron chi connectivity index (χ0n) is 13.9. The Morgan fingerprint density at radius 1 is 1.38 bits per heavy atom. The van der Waals surface area contributed by atoms with Crippen LogP contribution in [0, 0.1) is 0 Å². The molecule has 3 rings (SSSR count). The molecule has 0 bridgehead atoms. The van der Waals surface area contributed by atoms with Gasteiger partial charge in [-0.15, -0.1) is 11.3 Å². The van der Waals surface area contributed by atoms with Crippen LogP contribution in [-0.2, 0) is 4.79 Å². The Kier molecular flexibility index (Phi) is 4.88. The first-order valence-corrected chi connectivity index (χ1v) is 8.88. The molecule has 136 valence electrons.